The van der Waals surface area contributed by atoms with Crippen LogP contribution in [0.3, 0.4) is 0 Å². The average Bonchev–Trinajstić information content (AvgIpc) is 3.22. The molecule has 0 unspecified atom stereocenters. The van der Waals surface area contributed by atoms with E-state index in [0.717, 1.165) is 17.7 Å². The van der Waals surface area contributed by atoms with Gasteiger partial charge in [0.05, 0.1) is 6.04 Å². The Morgan fingerprint density at radius 2 is 2.04 bits per heavy atom. The molecule has 1 aliphatic rings. The van der Waals surface area contributed by atoms with Crippen LogP contribution in [-0.2, 0) is 9.59 Å². The molecule has 1 aliphatic carbocycles. The zero-order valence-corrected chi connectivity index (χ0v) is 14.9. The number of benzene rings is 1. The van der Waals surface area contributed by atoms with Gasteiger partial charge in [-0.25, -0.2) is 0 Å². The molecule has 126 valence electrons. The van der Waals surface area contributed by atoms with Gasteiger partial charge in [-0.2, -0.15) is 0 Å². The van der Waals surface area contributed by atoms with Crippen molar-refractivity contribution in [3.8, 4) is 0 Å². The van der Waals surface area contributed by atoms with Crippen molar-refractivity contribution in [1.29, 1.82) is 0 Å². The van der Waals surface area contributed by atoms with Gasteiger partial charge in [0.15, 0.2) is 0 Å². The Hall–Kier alpha value is -2.14. The largest absolute Gasteiger partial charge is 0.349 e. The van der Waals surface area contributed by atoms with E-state index in [1.54, 1.807) is 11.3 Å². The molecule has 0 bridgehead atoms. The fourth-order valence-electron chi connectivity index (χ4n) is 2.94. The fraction of sp³-hybridized carbons (Fsp3) is 0.368. The standard InChI is InChI=1S/C19H22N2O2S/c1-11-7-8-18(24-11)16-10-17(16)19(23)20-12(2)14-5-4-6-15(9-14)21-13(3)22/h4-9,12,16-17H,10H2,1-3H3,(H,20,23)(H,21,22)/t12-,16+,17-/m0/s1. The van der Waals surface area contributed by atoms with Crippen molar-refractivity contribution in [2.24, 2.45) is 5.92 Å². The van der Waals surface area contributed by atoms with E-state index in [9.17, 15) is 9.59 Å². The molecule has 3 rings (SSSR count). The highest BCUT2D eigenvalue weighted by Crippen LogP contribution is 2.49. The van der Waals surface area contributed by atoms with Gasteiger partial charge in [-0.1, -0.05) is 12.1 Å². The van der Waals surface area contributed by atoms with Crippen molar-refractivity contribution in [3.05, 3.63) is 51.7 Å². The highest BCUT2D eigenvalue weighted by Gasteiger charge is 2.44. The number of carbonyl (C=O) groups excluding carboxylic acids is 2. The van der Waals surface area contributed by atoms with Gasteiger partial charge >= 0.3 is 0 Å². The Bertz CT molecular complexity index is 768. The number of hydrogen-bond donors (Lipinski definition) is 2. The lowest BCUT2D eigenvalue weighted by atomic mass is 10.1. The minimum absolute atomic E-state index is 0.0856. The molecule has 5 heteroatoms. The third kappa shape index (κ3) is 3.85. The van der Waals surface area contributed by atoms with Crippen molar-refractivity contribution >= 4 is 28.8 Å². The fourth-order valence-corrected chi connectivity index (χ4v) is 4.00. The molecule has 2 N–H and O–H groups in total. The van der Waals surface area contributed by atoms with Crippen LogP contribution in [0.15, 0.2) is 36.4 Å². The molecule has 1 saturated carbocycles. The molecular formula is C19H22N2O2S. The van der Waals surface area contributed by atoms with Gasteiger partial charge in [0, 0.05) is 34.2 Å². The van der Waals surface area contributed by atoms with Crippen molar-refractivity contribution < 1.29 is 9.59 Å². The number of thiophene rings is 1. The van der Waals surface area contributed by atoms with Crippen molar-refractivity contribution in [3.63, 3.8) is 0 Å². The molecule has 2 aromatic rings. The number of hydrogen-bond acceptors (Lipinski definition) is 3. The first-order valence-corrected chi connectivity index (χ1v) is 9.00. The van der Waals surface area contributed by atoms with Gasteiger partial charge in [0.1, 0.15) is 0 Å². The number of nitrogens with one attached hydrogen (secondary N) is 2. The first-order valence-electron chi connectivity index (χ1n) is 8.18. The SMILES string of the molecule is CC(=O)Nc1cccc([C@H](C)NC(=O)[C@H]2C[C@H]2c2ccc(C)s2)c1. The molecule has 0 aliphatic heterocycles. The van der Waals surface area contributed by atoms with Crippen LogP contribution in [0.2, 0.25) is 0 Å². The highest BCUT2D eigenvalue weighted by atomic mass is 32.1. The molecule has 1 fully saturated rings. The summed E-state index contributed by atoms with van der Waals surface area (Å²) in [5.74, 6) is 0.477. The molecule has 1 aromatic carbocycles. The van der Waals surface area contributed by atoms with Gasteiger partial charge in [-0.05, 0) is 50.1 Å². The van der Waals surface area contributed by atoms with Crippen LogP contribution in [0.1, 0.15) is 47.5 Å². The zero-order chi connectivity index (χ0) is 17.3. The lowest BCUT2D eigenvalue weighted by Crippen LogP contribution is -2.28. The van der Waals surface area contributed by atoms with E-state index in [0.29, 0.717) is 5.92 Å². The van der Waals surface area contributed by atoms with Gasteiger partial charge in [0.2, 0.25) is 11.8 Å². The van der Waals surface area contributed by atoms with Gasteiger partial charge < -0.3 is 10.6 Å². The van der Waals surface area contributed by atoms with Crippen LogP contribution >= 0.6 is 11.3 Å². The maximum Gasteiger partial charge on any atom is 0.224 e. The van der Waals surface area contributed by atoms with Crippen LogP contribution in [0.5, 0.6) is 0 Å². The molecule has 4 nitrogen and oxygen atoms in total. The van der Waals surface area contributed by atoms with Gasteiger partial charge in [0.25, 0.3) is 0 Å². The third-order valence-electron chi connectivity index (χ3n) is 4.32. The lowest BCUT2D eigenvalue weighted by Gasteiger charge is -2.15. The van der Waals surface area contributed by atoms with Crippen molar-refractivity contribution in [2.75, 3.05) is 5.32 Å². The summed E-state index contributed by atoms with van der Waals surface area (Å²) in [6, 6.07) is 11.8. The third-order valence-corrected chi connectivity index (χ3v) is 5.45. The molecule has 24 heavy (non-hydrogen) atoms. The van der Waals surface area contributed by atoms with Crippen LogP contribution in [0, 0.1) is 12.8 Å². The minimum atomic E-state index is -0.101. The summed E-state index contributed by atoms with van der Waals surface area (Å²) in [5, 5.41) is 5.87. The monoisotopic (exact) mass is 342 g/mol. The maximum absolute atomic E-state index is 12.5. The Morgan fingerprint density at radius 3 is 2.71 bits per heavy atom. The molecule has 0 radical (unpaired) electrons. The van der Waals surface area contributed by atoms with Crippen molar-refractivity contribution in [2.45, 2.75) is 39.2 Å². The topological polar surface area (TPSA) is 58.2 Å². The highest BCUT2D eigenvalue weighted by molar-refractivity contribution is 7.12. The normalized spacial score (nSPS) is 20.3. The average molecular weight is 342 g/mol. The first-order chi connectivity index (χ1) is 11.4. The number of aryl methyl sites for hydroxylation is 1. The van der Waals surface area contributed by atoms with E-state index < -0.39 is 0 Å². The second kappa shape index (κ2) is 6.77. The molecule has 0 spiro atoms. The molecule has 1 aromatic heterocycles. The van der Waals surface area contributed by atoms with E-state index in [2.05, 4.69) is 29.7 Å². The maximum atomic E-state index is 12.5. The second-order valence-corrected chi connectivity index (χ2v) is 7.75. The summed E-state index contributed by atoms with van der Waals surface area (Å²) in [7, 11) is 0. The van der Waals surface area contributed by atoms with Gasteiger partial charge in [-0.15, -0.1) is 11.3 Å². The number of rotatable bonds is 5. The van der Waals surface area contributed by atoms with E-state index in [-0.39, 0.29) is 23.8 Å². The summed E-state index contributed by atoms with van der Waals surface area (Å²) in [6.07, 6.45) is 0.935. The number of anilines is 1. The van der Waals surface area contributed by atoms with E-state index in [1.807, 2.05) is 31.2 Å². The smallest absolute Gasteiger partial charge is 0.224 e. The predicted molar refractivity (Wildman–Crippen MR) is 97.2 cm³/mol. The van der Waals surface area contributed by atoms with Crippen LogP contribution < -0.4 is 10.6 Å². The molecule has 0 saturated heterocycles. The zero-order valence-electron chi connectivity index (χ0n) is 14.1. The second-order valence-electron chi connectivity index (χ2n) is 6.43. The molecular weight excluding hydrogens is 320 g/mol. The lowest BCUT2D eigenvalue weighted by molar-refractivity contribution is -0.123. The Morgan fingerprint density at radius 1 is 1.25 bits per heavy atom. The van der Waals surface area contributed by atoms with E-state index in [4.69, 9.17) is 0 Å². The molecule has 1 heterocycles. The van der Waals surface area contributed by atoms with Gasteiger partial charge in [-0.3, -0.25) is 9.59 Å². The van der Waals surface area contributed by atoms with Crippen molar-refractivity contribution in [1.82, 2.24) is 5.32 Å². The number of amides is 2. The van der Waals surface area contributed by atoms with Crippen LogP contribution in [0.25, 0.3) is 0 Å². The van der Waals surface area contributed by atoms with E-state index in [1.165, 1.54) is 16.7 Å². The van der Waals surface area contributed by atoms with E-state index >= 15 is 0 Å². The Kier molecular flexibility index (Phi) is 4.71. The van der Waals surface area contributed by atoms with Crippen LogP contribution in [-0.4, -0.2) is 11.8 Å². The summed E-state index contributed by atoms with van der Waals surface area (Å²) in [5.41, 5.74) is 1.73. The quantitative estimate of drug-likeness (QED) is 0.863. The Labute approximate surface area is 146 Å². The van der Waals surface area contributed by atoms with Crippen LogP contribution in [0.4, 0.5) is 5.69 Å². The summed E-state index contributed by atoms with van der Waals surface area (Å²) in [6.45, 7) is 5.55. The summed E-state index contributed by atoms with van der Waals surface area (Å²) >= 11 is 1.78. The predicted octanol–water partition coefficient (Wildman–Crippen LogP) is 4.00. The summed E-state index contributed by atoms with van der Waals surface area (Å²) in [4.78, 5) is 26.2. The Balaban J connectivity index is 1.60. The number of carbonyl (C=O) groups is 2. The minimum Gasteiger partial charge on any atom is -0.349 e. The summed E-state index contributed by atoms with van der Waals surface area (Å²) < 4.78 is 0. The first kappa shape index (κ1) is 16.7. The molecule has 3 atom stereocenters. The molecule has 2 amide bonds.